The Kier molecular flexibility index (Phi) is 3.01. The number of nitrogens with two attached hydrogens (primary N) is 1. The number of aliphatic hydroxyl groups is 1. The molecular formula is C10H12N2O5S. The third-order valence-electron chi connectivity index (χ3n) is 2.70. The molecule has 4 N–H and O–H groups in total. The van der Waals surface area contributed by atoms with Gasteiger partial charge in [-0.05, 0) is 18.2 Å². The Morgan fingerprint density at radius 3 is 2.56 bits per heavy atom. The molecule has 1 atom stereocenters. The molecule has 1 amide bonds. The van der Waals surface area contributed by atoms with Crippen molar-refractivity contribution in [1.82, 2.24) is 0 Å². The molecular weight excluding hydrogens is 260 g/mol. The Labute approximate surface area is 104 Å². The fourth-order valence-corrected chi connectivity index (χ4v) is 2.34. The van der Waals surface area contributed by atoms with Gasteiger partial charge in [-0.2, -0.15) is 8.42 Å². The first kappa shape index (κ1) is 12.8. The van der Waals surface area contributed by atoms with Crippen LogP contribution in [0.15, 0.2) is 23.1 Å². The van der Waals surface area contributed by atoms with Crippen LogP contribution in [0.1, 0.15) is 6.42 Å². The van der Waals surface area contributed by atoms with Crippen LogP contribution in [0.3, 0.4) is 0 Å². The summed E-state index contributed by atoms with van der Waals surface area (Å²) >= 11 is 0. The lowest BCUT2D eigenvalue weighted by atomic mass is 10.2. The summed E-state index contributed by atoms with van der Waals surface area (Å²) in [5, 5.41) is 9.38. The van der Waals surface area contributed by atoms with E-state index in [1.165, 1.54) is 11.0 Å². The van der Waals surface area contributed by atoms with Crippen molar-refractivity contribution in [2.24, 2.45) is 0 Å². The molecule has 98 valence electrons. The predicted octanol–water partition coefficient (Wildman–Crippen LogP) is -0.387. The number of hydrogen-bond acceptors (Lipinski definition) is 5. The number of nitrogen functional groups attached to an aromatic ring is 1. The fourth-order valence-electron chi connectivity index (χ4n) is 1.84. The molecule has 0 bridgehead atoms. The topological polar surface area (TPSA) is 121 Å². The Bertz CT molecular complexity index is 598. The molecule has 1 unspecified atom stereocenters. The van der Waals surface area contributed by atoms with Gasteiger partial charge in [-0.3, -0.25) is 9.35 Å². The van der Waals surface area contributed by atoms with E-state index in [0.29, 0.717) is 0 Å². The highest BCUT2D eigenvalue weighted by Gasteiger charge is 2.30. The summed E-state index contributed by atoms with van der Waals surface area (Å²) in [5.74, 6) is -0.346. The predicted molar refractivity (Wildman–Crippen MR) is 63.6 cm³/mol. The number of carbonyl (C=O) groups excluding carboxylic acids is 1. The average Bonchev–Trinajstić information content (AvgIpc) is 2.56. The molecule has 8 heteroatoms. The third-order valence-corrected chi connectivity index (χ3v) is 3.54. The van der Waals surface area contributed by atoms with Gasteiger partial charge in [-0.15, -0.1) is 0 Å². The average molecular weight is 272 g/mol. The SMILES string of the molecule is Nc1ccc(S(=O)(=O)O)cc1N1CC(O)CC1=O. The van der Waals surface area contributed by atoms with Crippen molar-refractivity contribution in [2.45, 2.75) is 17.4 Å². The number of β-amino-alcohol motifs (C(OH)–C–C–N with tert-alkyl or cyclic N) is 1. The fraction of sp³-hybridized carbons (Fsp3) is 0.300. The minimum atomic E-state index is -4.36. The van der Waals surface area contributed by atoms with Crippen molar-refractivity contribution in [2.75, 3.05) is 17.2 Å². The van der Waals surface area contributed by atoms with Crippen LogP contribution in [0.4, 0.5) is 11.4 Å². The molecule has 18 heavy (non-hydrogen) atoms. The van der Waals surface area contributed by atoms with Gasteiger partial charge in [0.1, 0.15) is 0 Å². The van der Waals surface area contributed by atoms with E-state index in [4.69, 9.17) is 10.3 Å². The molecule has 0 saturated carbocycles. The number of rotatable bonds is 2. The molecule has 1 aromatic carbocycles. The molecule has 0 spiro atoms. The van der Waals surface area contributed by atoms with Gasteiger partial charge >= 0.3 is 0 Å². The molecule has 0 radical (unpaired) electrons. The molecule has 1 aliphatic rings. The molecule has 2 rings (SSSR count). The summed E-state index contributed by atoms with van der Waals surface area (Å²) in [6.07, 6.45) is -0.832. The Balaban J connectivity index is 2.48. The lowest BCUT2D eigenvalue weighted by Gasteiger charge is -2.18. The monoisotopic (exact) mass is 272 g/mol. The second kappa shape index (κ2) is 4.23. The second-order valence-corrected chi connectivity index (χ2v) is 5.48. The smallest absolute Gasteiger partial charge is 0.294 e. The zero-order valence-electron chi connectivity index (χ0n) is 9.28. The van der Waals surface area contributed by atoms with Crippen LogP contribution >= 0.6 is 0 Å². The highest BCUT2D eigenvalue weighted by atomic mass is 32.2. The highest BCUT2D eigenvalue weighted by Crippen LogP contribution is 2.30. The zero-order chi connectivity index (χ0) is 13.5. The van der Waals surface area contributed by atoms with Crippen molar-refractivity contribution in [3.05, 3.63) is 18.2 Å². The minimum absolute atomic E-state index is 0.0322. The van der Waals surface area contributed by atoms with Gasteiger partial charge in [-0.1, -0.05) is 0 Å². The second-order valence-electron chi connectivity index (χ2n) is 4.06. The van der Waals surface area contributed by atoms with Crippen LogP contribution in [0.25, 0.3) is 0 Å². The maximum Gasteiger partial charge on any atom is 0.294 e. The summed E-state index contributed by atoms with van der Waals surface area (Å²) < 4.78 is 31.0. The normalized spacial score (nSPS) is 20.4. The van der Waals surface area contributed by atoms with Gasteiger partial charge in [0.05, 0.1) is 35.3 Å². The van der Waals surface area contributed by atoms with Crippen molar-refractivity contribution in [1.29, 1.82) is 0 Å². The number of carbonyl (C=O) groups is 1. The van der Waals surface area contributed by atoms with Gasteiger partial charge in [0.15, 0.2) is 0 Å². The molecule has 1 aromatic rings. The van der Waals surface area contributed by atoms with E-state index in [0.717, 1.165) is 12.1 Å². The molecule has 1 aliphatic heterocycles. The molecule has 0 aromatic heterocycles. The number of aliphatic hydroxyl groups excluding tert-OH is 1. The van der Waals surface area contributed by atoms with Crippen molar-refractivity contribution < 1.29 is 22.9 Å². The van der Waals surface area contributed by atoms with Crippen LogP contribution in [-0.4, -0.2) is 36.6 Å². The number of benzene rings is 1. The van der Waals surface area contributed by atoms with E-state index in [1.807, 2.05) is 0 Å². The maximum atomic E-state index is 11.6. The lowest BCUT2D eigenvalue weighted by Crippen LogP contribution is -2.26. The van der Waals surface area contributed by atoms with Crippen LogP contribution in [0, 0.1) is 0 Å². The van der Waals surface area contributed by atoms with E-state index < -0.39 is 16.2 Å². The van der Waals surface area contributed by atoms with Crippen molar-refractivity contribution in [3.63, 3.8) is 0 Å². The standard InChI is InChI=1S/C10H12N2O5S/c11-8-2-1-7(18(15,16)17)4-9(8)12-5-6(13)3-10(12)14/h1-2,4,6,13H,3,5,11H2,(H,15,16,17). The Morgan fingerprint density at radius 2 is 2.06 bits per heavy atom. The first-order valence-corrected chi connectivity index (χ1v) is 6.58. The van der Waals surface area contributed by atoms with Gasteiger partial charge in [0, 0.05) is 0 Å². The number of anilines is 2. The molecule has 1 saturated heterocycles. The van der Waals surface area contributed by atoms with Crippen LogP contribution in [-0.2, 0) is 14.9 Å². The number of hydrogen-bond donors (Lipinski definition) is 3. The van der Waals surface area contributed by atoms with Crippen LogP contribution in [0.2, 0.25) is 0 Å². The number of amides is 1. The highest BCUT2D eigenvalue weighted by molar-refractivity contribution is 7.85. The Morgan fingerprint density at radius 1 is 1.39 bits per heavy atom. The minimum Gasteiger partial charge on any atom is -0.397 e. The van der Waals surface area contributed by atoms with E-state index in [9.17, 15) is 18.3 Å². The quantitative estimate of drug-likeness (QED) is 0.498. The van der Waals surface area contributed by atoms with E-state index in [-0.39, 0.29) is 35.1 Å². The zero-order valence-corrected chi connectivity index (χ0v) is 10.1. The van der Waals surface area contributed by atoms with Gasteiger partial charge in [-0.25, -0.2) is 0 Å². The summed E-state index contributed by atoms with van der Waals surface area (Å²) in [6, 6.07) is 3.54. The Hall–Kier alpha value is -1.64. The number of nitrogens with zero attached hydrogens (tertiary/aromatic N) is 1. The van der Waals surface area contributed by atoms with Crippen LogP contribution < -0.4 is 10.6 Å². The van der Waals surface area contributed by atoms with Gasteiger partial charge < -0.3 is 15.7 Å². The van der Waals surface area contributed by atoms with Gasteiger partial charge in [0.25, 0.3) is 10.1 Å². The summed E-state index contributed by atoms with van der Waals surface area (Å²) in [5.41, 5.74) is 6.04. The van der Waals surface area contributed by atoms with Crippen LogP contribution in [0.5, 0.6) is 0 Å². The third kappa shape index (κ3) is 2.30. The maximum absolute atomic E-state index is 11.6. The summed E-state index contributed by atoms with van der Waals surface area (Å²) in [6.45, 7) is 0.0535. The van der Waals surface area contributed by atoms with E-state index in [1.54, 1.807) is 0 Å². The lowest BCUT2D eigenvalue weighted by molar-refractivity contribution is -0.117. The molecule has 7 nitrogen and oxygen atoms in total. The first-order valence-electron chi connectivity index (χ1n) is 5.14. The van der Waals surface area contributed by atoms with E-state index in [2.05, 4.69) is 0 Å². The van der Waals surface area contributed by atoms with Crippen molar-refractivity contribution in [3.8, 4) is 0 Å². The molecule has 0 aliphatic carbocycles. The largest absolute Gasteiger partial charge is 0.397 e. The van der Waals surface area contributed by atoms with Gasteiger partial charge in [0.2, 0.25) is 5.91 Å². The molecule has 1 heterocycles. The van der Waals surface area contributed by atoms with Crippen molar-refractivity contribution >= 4 is 27.4 Å². The summed E-state index contributed by atoms with van der Waals surface area (Å²) in [7, 11) is -4.36. The summed E-state index contributed by atoms with van der Waals surface area (Å²) in [4.78, 5) is 12.5. The van der Waals surface area contributed by atoms with E-state index >= 15 is 0 Å². The first-order chi connectivity index (χ1) is 8.29. The molecule has 1 fully saturated rings.